The average molecular weight is 236 g/mol. The fourth-order valence-electron chi connectivity index (χ4n) is 2.29. The second-order valence-corrected chi connectivity index (χ2v) is 4.38. The third kappa shape index (κ3) is 3.13. The minimum atomic E-state index is 0.171. The van der Waals surface area contributed by atoms with E-state index < -0.39 is 0 Å². The van der Waals surface area contributed by atoms with Crippen molar-refractivity contribution in [2.24, 2.45) is 0 Å². The molecular formula is C14H24N2O. The van der Waals surface area contributed by atoms with Gasteiger partial charge in [-0.2, -0.15) is 0 Å². The van der Waals surface area contributed by atoms with Crippen molar-refractivity contribution >= 4 is 11.4 Å². The Morgan fingerprint density at radius 3 is 2.47 bits per heavy atom. The van der Waals surface area contributed by atoms with E-state index >= 15 is 0 Å². The molecule has 0 saturated heterocycles. The van der Waals surface area contributed by atoms with Crippen LogP contribution in [0, 0.1) is 6.92 Å². The molecule has 17 heavy (non-hydrogen) atoms. The molecule has 0 heterocycles. The molecule has 0 aliphatic carbocycles. The van der Waals surface area contributed by atoms with Crippen LogP contribution in [-0.2, 0) is 0 Å². The van der Waals surface area contributed by atoms with Gasteiger partial charge < -0.3 is 15.7 Å². The van der Waals surface area contributed by atoms with Crippen LogP contribution in [0.1, 0.15) is 32.3 Å². The summed E-state index contributed by atoms with van der Waals surface area (Å²) in [5.74, 6) is 0. The van der Waals surface area contributed by atoms with Crippen LogP contribution in [0.4, 0.5) is 11.4 Å². The molecule has 0 radical (unpaired) electrons. The Kier molecular flexibility index (Phi) is 5.29. The van der Waals surface area contributed by atoms with Gasteiger partial charge in [-0.05, 0) is 37.5 Å². The van der Waals surface area contributed by atoms with Gasteiger partial charge in [0.2, 0.25) is 0 Å². The summed E-state index contributed by atoms with van der Waals surface area (Å²) in [6.07, 6.45) is 2.15. The van der Waals surface area contributed by atoms with Gasteiger partial charge in [0.05, 0.1) is 6.61 Å². The predicted octanol–water partition coefficient (Wildman–Crippen LogP) is 2.56. The minimum absolute atomic E-state index is 0.171. The maximum atomic E-state index is 9.23. The van der Waals surface area contributed by atoms with Crippen LogP contribution in [0.3, 0.4) is 0 Å². The zero-order chi connectivity index (χ0) is 12.8. The van der Waals surface area contributed by atoms with E-state index in [-0.39, 0.29) is 6.61 Å². The highest BCUT2D eigenvalue weighted by molar-refractivity contribution is 5.64. The van der Waals surface area contributed by atoms with Crippen molar-refractivity contribution in [3.05, 3.63) is 23.8 Å². The largest absolute Gasteiger partial charge is 0.398 e. The average Bonchev–Trinajstić information content (AvgIpc) is 2.33. The Hall–Kier alpha value is -1.22. The van der Waals surface area contributed by atoms with Crippen LogP contribution in [0.25, 0.3) is 0 Å². The maximum absolute atomic E-state index is 9.23. The molecule has 0 fully saturated rings. The van der Waals surface area contributed by atoms with Crippen molar-refractivity contribution in [2.45, 2.75) is 39.7 Å². The molecule has 1 aromatic carbocycles. The van der Waals surface area contributed by atoms with Crippen molar-refractivity contribution in [1.29, 1.82) is 0 Å². The lowest BCUT2D eigenvalue weighted by Gasteiger charge is -2.33. The summed E-state index contributed by atoms with van der Waals surface area (Å²) < 4.78 is 0. The summed E-state index contributed by atoms with van der Waals surface area (Å²) in [7, 11) is 0. The first kappa shape index (κ1) is 13.8. The first-order valence-corrected chi connectivity index (χ1v) is 6.38. The lowest BCUT2D eigenvalue weighted by atomic mass is 10.1. The lowest BCUT2D eigenvalue weighted by Crippen LogP contribution is -2.37. The van der Waals surface area contributed by atoms with Crippen molar-refractivity contribution in [3.8, 4) is 0 Å². The Balaban J connectivity index is 3.08. The number of aliphatic hydroxyl groups excluding tert-OH is 1. The van der Waals surface area contributed by atoms with Gasteiger partial charge in [-0.15, -0.1) is 0 Å². The van der Waals surface area contributed by atoms with E-state index in [9.17, 15) is 5.11 Å². The number of benzene rings is 1. The van der Waals surface area contributed by atoms with Crippen LogP contribution in [0.15, 0.2) is 18.2 Å². The van der Waals surface area contributed by atoms with Crippen LogP contribution in [-0.4, -0.2) is 24.3 Å². The molecule has 0 amide bonds. The number of rotatable bonds is 6. The van der Waals surface area contributed by atoms with E-state index in [1.54, 1.807) is 0 Å². The standard InChI is InChI=1S/C14H24N2O/c1-4-12(5-2)16(9-10-17)14-8-6-7-13(15)11(14)3/h6-8,12,17H,4-5,9-10,15H2,1-3H3. The van der Waals surface area contributed by atoms with E-state index in [1.807, 2.05) is 19.1 Å². The van der Waals surface area contributed by atoms with Gasteiger partial charge in [-0.3, -0.25) is 0 Å². The molecule has 3 N–H and O–H groups in total. The molecule has 0 aliphatic rings. The van der Waals surface area contributed by atoms with E-state index in [2.05, 4.69) is 24.8 Å². The molecule has 3 heteroatoms. The number of nitrogens with two attached hydrogens (primary N) is 1. The van der Waals surface area contributed by atoms with Gasteiger partial charge >= 0.3 is 0 Å². The first-order valence-electron chi connectivity index (χ1n) is 6.38. The normalized spacial score (nSPS) is 10.9. The molecule has 0 atom stereocenters. The second-order valence-electron chi connectivity index (χ2n) is 4.38. The third-order valence-electron chi connectivity index (χ3n) is 3.38. The highest BCUT2D eigenvalue weighted by Crippen LogP contribution is 2.27. The molecular weight excluding hydrogens is 212 g/mol. The van der Waals surface area contributed by atoms with Gasteiger partial charge in [-0.25, -0.2) is 0 Å². The highest BCUT2D eigenvalue weighted by Gasteiger charge is 2.17. The maximum Gasteiger partial charge on any atom is 0.0606 e. The topological polar surface area (TPSA) is 49.5 Å². The zero-order valence-electron chi connectivity index (χ0n) is 11.1. The Bertz CT molecular complexity index is 348. The monoisotopic (exact) mass is 236 g/mol. The van der Waals surface area contributed by atoms with Crippen molar-refractivity contribution in [1.82, 2.24) is 0 Å². The summed E-state index contributed by atoms with van der Waals surface area (Å²) in [6, 6.07) is 6.44. The number of nitrogens with zero attached hydrogens (tertiary/aromatic N) is 1. The summed E-state index contributed by atoms with van der Waals surface area (Å²) in [5.41, 5.74) is 9.02. The zero-order valence-corrected chi connectivity index (χ0v) is 11.1. The molecule has 1 aromatic rings. The fraction of sp³-hybridized carbons (Fsp3) is 0.571. The summed E-state index contributed by atoms with van der Waals surface area (Å²) in [5, 5.41) is 9.23. The Morgan fingerprint density at radius 2 is 1.94 bits per heavy atom. The summed E-state index contributed by atoms with van der Waals surface area (Å²) >= 11 is 0. The molecule has 0 spiro atoms. The van der Waals surface area contributed by atoms with E-state index in [4.69, 9.17) is 5.73 Å². The van der Waals surface area contributed by atoms with Crippen molar-refractivity contribution in [3.63, 3.8) is 0 Å². The molecule has 96 valence electrons. The fourth-order valence-corrected chi connectivity index (χ4v) is 2.29. The number of hydrogen-bond acceptors (Lipinski definition) is 3. The van der Waals surface area contributed by atoms with Gasteiger partial charge in [0, 0.05) is 24.0 Å². The van der Waals surface area contributed by atoms with Gasteiger partial charge in [-0.1, -0.05) is 19.9 Å². The SMILES string of the molecule is CCC(CC)N(CCO)c1cccc(N)c1C. The van der Waals surface area contributed by atoms with Crippen molar-refractivity contribution in [2.75, 3.05) is 23.8 Å². The molecule has 0 bridgehead atoms. The van der Waals surface area contributed by atoms with Crippen LogP contribution in [0.5, 0.6) is 0 Å². The molecule has 1 rings (SSSR count). The predicted molar refractivity (Wildman–Crippen MR) is 74.4 cm³/mol. The highest BCUT2D eigenvalue weighted by atomic mass is 16.3. The molecule has 0 saturated carbocycles. The van der Waals surface area contributed by atoms with Gasteiger partial charge in [0.1, 0.15) is 0 Å². The Morgan fingerprint density at radius 1 is 1.29 bits per heavy atom. The van der Waals surface area contributed by atoms with E-state index in [1.165, 1.54) is 0 Å². The molecule has 0 aromatic heterocycles. The lowest BCUT2D eigenvalue weighted by molar-refractivity contribution is 0.296. The van der Waals surface area contributed by atoms with E-state index in [0.29, 0.717) is 12.6 Å². The molecule has 3 nitrogen and oxygen atoms in total. The van der Waals surface area contributed by atoms with E-state index in [0.717, 1.165) is 29.8 Å². The Labute approximate surface area is 104 Å². The quantitative estimate of drug-likeness (QED) is 0.746. The van der Waals surface area contributed by atoms with Crippen LogP contribution < -0.4 is 10.6 Å². The van der Waals surface area contributed by atoms with Gasteiger partial charge in [0.25, 0.3) is 0 Å². The first-order chi connectivity index (χ1) is 8.15. The van der Waals surface area contributed by atoms with Crippen LogP contribution in [0.2, 0.25) is 0 Å². The minimum Gasteiger partial charge on any atom is -0.398 e. The number of hydrogen-bond donors (Lipinski definition) is 2. The number of anilines is 2. The molecule has 0 unspecified atom stereocenters. The number of aliphatic hydroxyl groups is 1. The molecule has 0 aliphatic heterocycles. The van der Waals surface area contributed by atoms with Gasteiger partial charge in [0.15, 0.2) is 0 Å². The van der Waals surface area contributed by atoms with Crippen LogP contribution >= 0.6 is 0 Å². The second kappa shape index (κ2) is 6.50. The summed E-state index contributed by atoms with van der Waals surface area (Å²) in [6.45, 7) is 7.24. The smallest absolute Gasteiger partial charge is 0.0606 e. The third-order valence-corrected chi connectivity index (χ3v) is 3.38. The number of nitrogen functional groups attached to an aromatic ring is 1. The summed E-state index contributed by atoms with van der Waals surface area (Å²) in [4.78, 5) is 2.27. The van der Waals surface area contributed by atoms with Crippen molar-refractivity contribution < 1.29 is 5.11 Å².